The molecule has 2 aromatic heterocycles. The van der Waals surface area contributed by atoms with Crippen LogP contribution in [0.25, 0.3) is 11.4 Å². The topological polar surface area (TPSA) is 84.2 Å². The number of allylic oxidation sites excluding steroid dienone is 2. The van der Waals surface area contributed by atoms with E-state index in [4.69, 9.17) is 0 Å². The van der Waals surface area contributed by atoms with Gasteiger partial charge in [0.25, 0.3) is 0 Å². The zero-order chi connectivity index (χ0) is 18.6. The molecule has 1 atom stereocenters. The summed E-state index contributed by atoms with van der Waals surface area (Å²) in [6, 6.07) is 5.27. The Balaban J connectivity index is 1.53. The van der Waals surface area contributed by atoms with E-state index >= 15 is 0 Å². The van der Waals surface area contributed by atoms with Crippen molar-refractivity contribution in [3.05, 3.63) is 66.2 Å². The maximum absolute atomic E-state index is 12.9. The zero-order valence-electron chi connectivity index (χ0n) is 15.0. The molecule has 27 heavy (non-hydrogen) atoms. The summed E-state index contributed by atoms with van der Waals surface area (Å²) in [7, 11) is 1.82. The molecule has 2 aliphatic rings. The highest BCUT2D eigenvalue weighted by Gasteiger charge is 2.23. The van der Waals surface area contributed by atoms with Crippen LogP contribution in [0.4, 0.5) is 5.69 Å². The molecule has 0 bridgehead atoms. The number of hydrogen-bond donors (Lipinski definition) is 2. The van der Waals surface area contributed by atoms with Gasteiger partial charge < -0.3 is 10.6 Å². The minimum Gasteiger partial charge on any atom is -0.373 e. The van der Waals surface area contributed by atoms with E-state index in [0.717, 1.165) is 17.0 Å². The molecule has 4 heterocycles. The number of rotatable bonds is 3. The lowest BCUT2D eigenvalue weighted by Crippen LogP contribution is -2.41. The van der Waals surface area contributed by atoms with Gasteiger partial charge in [-0.05, 0) is 36.3 Å². The van der Waals surface area contributed by atoms with Gasteiger partial charge in [0, 0.05) is 31.4 Å². The number of carbonyl (C=O) groups excluding carboxylic acids is 1. The van der Waals surface area contributed by atoms with E-state index in [-0.39, 0.29) is 11.9 Å². The van der Waals surface area contributed by atoms with Crippen LogP contribution >= 0.6 is 0 Å². The second kappa shape index (κ2) is 7.41. The molecule has 136 valence electrons. The highest BCUT2D eigenvalue weighted by Crippen LogP contribution is 2.25. The SMILES string of the molecule is Cn1cc(NC(=O)C2CC=CC(=C3C=CC=NC3)N2)c(-c2ccccn2)n1. The smallest absolute Gasteiger partial charge is 0.247 e. The fraction of sp³-hybridized carbons (Fsp3) is 0.200. The molecule has 0 saturated heterocycles. The molecule has 4 rings (SSSR count). The highest BCUT2D eigenvalue weighted by atomic mass is 16.2. The molecule has 0 saturated carbocycles. The first-order valence-electron chi connectivity index (χ1n) is 8.79. The number of carbonyl (C=O) groups is 1. The van der Waals surface area contributed by atoms with E-state index in [1.54, 1.807) is 23.3 Å². The van der Waals surface area contributed by atoms with Crippen LogP contribution in [0.1, 0.15) is 6.42 Å². The minimum atomic E-state index is -0.353. The number of nitrogens with one attached hydrogen (secondary N) is 2. The van der Waals surface area contributed by atoms with E-state index in [1.165, 1.54) is 0 Å². The van der Waals surface area contributed by atoms with Crippen molar-refractivity contribution in [2.75, 3.05) is 11.9 Å². The third kappa shape index (κ3) is 3.72. The standard InChI is InChI=1S/C20H20N6O/c1-26-13-18(19(25-26)16-7-2-3-11-22-16)24-20(27)17-9-4-8-15(23-17)14-6-5-10-21-12-14/h2-8,10-11,13,17,23H,9,12H2,1H3,(H,24,27). The Kier molecular flexibility index (Phi) is 4.65. The molecule has 2 aliphatic heterocycles. The van der Waals surface area contributed by atoms with Crippen molar-refractivity contribution in [2.45, 2.75) is 12.5 Å². The number of hydrogen-bond acceptors (Lipinski definition) is 5. The van der Waals surface area contributed by atoms with Gasteiger partial charge in [0.15, 0.2) is 0 Å². The lowest BCUT2D eigenvalue weighted by molar-refractivity contribution is -0.117. The summed E-state index contributed by atoms with van der Waals surface area (Å²) in [6.45, 7) is 0.615. The summed E-state index contributed by atoms with van der Waals surface area (Å²) in [5, 5.41) is 10.8. The Labute approximate surface area is 157 Å². The van der Waals surface area contributed by atoms with Crippen molar-refractivity contribution in [2.24, 2.45) is 12.0 Å². The largest absolute Gasteiger partial charge is 0.373 e. The molecule has 0 aliphatic carbocycles. The maximum Gasteiger partial charge on any atom is 0.247 e. The number of aromatic nitrogens is 3. The van der Waals surface area contributed by atoms with Crippen molar-refractivity contribution >= 4 is 17.8 Å². The number of anilines is 1. The summed E-state index contributed by atoms with van der Waals surface area (Å²) in [4.78, 5) is 21.4. The predicted molar refractivity (Wildman–Crippen MR) is 105 cm³/mol. The van der Waals surface area contributed by atoms with Gasteiger partial charge in [-0.15, -0.1) is 0 Å². The van der Waals surface area contributed by atoms with Crippen molar-refractivity contribution in [1.29, 1.82) is 0 Å². The number of nitrogens with zero attached hydrogens (tertiary/aromatic N) is 4. The molecule has 0 fully saturated rings. The molecule has 2 N–H and O–H groups in total. The lowest BCUT2D eigenvalue weighted by atomic mass is 10.0. The van der Waals surface area contributed by atoms with Gasteiger partial charge in [0.2, 0.25) is 5.91 Å². The van der Waals surface area contributed by atoms with E-state index in [1.807, 2.05) is 49.6 Å². The quantitative estimate of drug-likeness (QED) is 0.879. The Morgan fingerprint density at radius 3 is 3.04 bits per heavy atom. The average Bonchev–Trinajstić information content (AvgIpc) is 3.09. The number of dihydropyridines is 1. The first-order chi connectivity index (χ1) is 13.2. The number of aliphatic imine (C=N–C) groups is 1. The van der Waals surface area contributed by atoms with E-state index in [0.29, 0.717) is 24.3 Å². The minimum absolute atomic E-state index is 0.106. The van der Waals surface area contributed by atoms with Crippen molar-refractivity contribution in [3.63, 3.8) is 0 Å². The van der Waals surface area contributed by atoms with Gasteiger partial charge in [-0.2, -0.15) is 5.10 Å². The maximum atomic E-state index is 12.9. The fourth-order valence-electron chi connectivity index (χ4n) is 3.08. The predicted octanol–water partition coefficient (Wildman–Crippen LogP) is 2.23. The van der Waals surface area contributed by atoms with E-state index in [9.17, 15) is 4.79 Å². The van der Waals surface area contributed by atoms with Crippen LogP contribution in [0.2, 0.25) is 0 Å². The van der Waals surface area contributed by atoms with Crippen molar-refractivity contribution < 1.29 is 4.79 Å². The second-order valence-corrected chi connectivity index (χ2v) is 6.39. The fourth-order valence-corrected chi connectivity index (χ4v) is 3.08. The van der Waals surface area contributed by atoms with Gasteiger partial charge in [-0.25, -0.2) is 0 Å². The van der Waals surface area contributed by atoms with Gasteiger partial charge >= 0.3 is 0 Å². The third-order valence-electron chi connectivity index (χ3n) is 4.39. The van der Waals surface area contributed by atoms with Crippen LogP contribution in [0.3, 0.4) is 0 Å². The van der Waals surface area contributed by atoms with E-state index < -0.39 is 0 Å². The molecular weight excluding hydrogens is 340 g/mol. The Morgan fingerprint density at radius 2 is 2.26 bits per heavy atom. The van der Waals surface area contributed by atoms with Crippen LogP contribution in [0.5, 0.6) is 0 Å². The van der Waals surface area contributed by atoms with Crippen LogP contribution in [0, 0.1) is 0 Å². The summed E-state index contributed by atoms with van der Waals surface area (Å²) >= 11 is 0. The number of amides is 1. The van der Waals surface area contributed by atoms with Crippen molar-refractivity contribution in [3.8, 4) is 11.4 Å². The number of pyridine rings is 1. The highest BCUT2D eigenvalue weighted by molar-refractivity contribution is 5.98. The summed E-state index contributed by atoms with van der Waals surface area (Å²) in [5.41, 5.74) is 4.03. The van der Waals surface area contributed by atoms with Gasteiger partial charge in [-0.3, -0.25) is 19.5 Å². The molecule has 0 spiro atoms. The van der Waals surface area contributed by atoms with Crippen LogP contribution in [-0.4, -0.2) is 39.5 Å². The monoisotopic (exact) mass is 360 g/mol. The Morgan fingerprint density at radius 1 is 1.33 bits per heavy atom. The van der Waals surface area contributed by atoms with Gasteiger partial charge in [-0.1, -0.05) is 18.2 Å². The molecule has 1 unspecified atom stereocenters. The lowest BCUT2D eigenvalue weighted by Gasteiger charge is -2.24. The molecule has 1 amide bonds. The molecular formula is C20H20N6O. The number of aryl methyl sites for hydroxylation is 1. The normalized spacial score (nSPS) is 21.1. The van der Waals surface area contributed by atoms with Gasteiger partial charge in [0.1, 0.15) is 11.7 Å². The molecule has 7 nitrogen and oxygen atoms in total. The summed E-state index contributed by atoms with van der Waals surface area (Å²) in [6.07, 6.45) is 13.8. The molecule has 7 heteroatoms. The van der Waals surface area contributed by atoms with Crippen LogP contribution in [0.15, 0.2) is 71.2 Å². The third-order valence-corrected chi connectivity index (χ3v) is 4.39. The first-order valence-corrected chi connectivity index (χ1v) is 8.79. The van der Waals surface area contributed by atoms with Crippen LogP contribution < -0.4 is 10.6 Å². The summed E-state index contributed by atoms with van der Waals surface area (Å²) < 4.78 is 1.67. The summed E-state index contributed by atoms with van der Waals surface area (Å²) in [5.74, 6) is -0.106. The second-order valence-electron chi connectivity index (χ2n) is 6.39. The molecule has 0 radical (unpaired) electrons. The average molecular weight is 360 g/mol. The van der Waals surface area contributed by atoms with E-state index in [2.05, 4.69) is 25.7 Å². The zero-order valence-corrected chi connectivity index (χ0v) is 15.0. The van der Waals surface area contributed by atoms with Gasteiger partial charge in [0.05, 0.1) is 17.9 Å². The Bertz CT molecular complexity index is 968. The molecule has 0 aromatic carbocycles. The molecule has 2 aromatic rings. The van der Waals surface area contributed by atoms with Crippen molar-refractivity contribution in [1.82, 2.24) is 20.1 Å². The van der Waals surface area contributed by atoms with Crippen LogP contribution in [-0.2, 0) is 11.8 Å². The Hall–Kier alpha value is -3.48. The first kappa shape index (κ1) is 17.0.